The van der Waals surface area contributed by atoms with Gasteiger partial charge in [0.05, 0.1) is 25.0 Å². The zero-order chi connectivity index (χ0) is 13.7. The molecule has 1 aliphatic rings. The highest BCUT2D eigenvalue weighted by atomic mass is 19.1. The molecule has 0 aliphatic carbocycles. The number of rotatable bonds is 6. The van der Waals surface area contributed by atoms with Gasteiger partial charge in [-0.25, -0.2) is 14.4 Å². The third-order valence-corrected chi connectivity index (χ3v) is 3.05. The molecule has 2 rings (SSSR count). The van der Waals surface area contributed by atoms with Crippen molar-refractivity contribution in [1.82, 2.24) is 9.97 Å². The van der Waals surface area contributed by atoms with E-state index < -0.39 is 0 Å². The van der Waals surface area contributed by atoms with Gasteiger partial charge in [0.1, 0.15) is 6.33 Å². The Bertz CT molecular complexity index is 411. The number of hydrogen-bond donors (Lipinski definition) is 1. The molecule has 1 fully saturated rings. The van der Waals surface area contributed by atoms with E-state index in [9.17, 15) is 4.39 Å². The van der Waals surface area contributed by atoms with Crippen molar-refractivity contribution in [2.24, 2.45) is 0 Å². The Morgan fingerprint density at radius 3 is 3.11 bits per heavy atom. The molecule has 0 bridgehead atoms. The van der Waals surface area contributed by atoms with E-state index in [4.69, 9.17) is 9.47 Å². The van der Waals surface area contributed by atoms with E-state index in [1.165, 1.54) is 6.33 Å². The third-order valence-electron chi connectivity index (χ3n) is 3.05. The maximum Gasteiger partial charge on any atom is 0.186 e. The largest absolute Gasteiger partial charge is 0.379 e. The van der Waals surface area contributed by atoms with Crippen molar-refractivity contribution >= 4 is 5.82 Å². The van der Waals surface area contributed by atoms with Gasteiger partial charge in [0.15, 0.2) is 11.6 Å². The lowest BCUT2D eigenvalue weighted by atomic mass is 10.3. The van der Waals surface area contributed by atoms with Crippen LogP contribution >= 0.6 is 0 Å². The summed E-state index contributed by atoms with van der Waals surface area (Å²) in [7, 11) is 0. The van der Waals surface area contributed by atoms with Gasteiger partial charge in [-0.15, -0.1) is 0 Å². The van der Waals surface area contributed by atoms with E-state index in [-0.39, 0.29) is 23.8 Å². The zero-order valence-electron chi connectivity index (χ0n) is 11.4. The van der Waals surface area contributed by atoms with E-state index in [2.05, 4.69) is 15.3 Å². The summed E-state index contributed by atoms with van der Waals surface area (Å²) in [5.74, 6) is -0.133. The Hall–Kier alpha value is -1.27. The smallest absolute Gasteiger partial charge is 0.186 e. The molecule has 0 radical (unpaired) electrons. The Balaban J connectivity index is 1.85. The Morgan fingerprint density at radius 1 is 1.58 bits per heavy atom. The van der Waals surface area contributed by atoms with Crippen LogP contribution in [0.3, 0.4) is 0 Å². The molecule has 1 saturated heterocycles. The fourth-order valence-electron chi connectivity index (χ4n) is 1.95. The van der Waals surface area contributed by atoms with Crippen molar-refractivity contribution in [3.05, 3.63) is 17.8 Å². The standard InChI is InChI=1S/C13H20FN3O2/c1-3-11-12(14)13(16-8-15-11)17-9(2)6-19-10-4-5-18-7-10/h8-10H,3-7H2,1-2H3,(H,15,16,17)/t9-,10+/m0/s1. The molecule has 5 nitrogen and oxygen atoms in total. The predicted molar refractivity (Wildman–Crippen MR) is 69.6 cm³/mol. The van der Waals surface area contributed by atoms with Crippen molar-refractivity contribution in [1.29, 1.82) is 0 Å². The van der Waals surface area contributed by atoms with Gasteiger partial charge >= 0.3 is 0 Å². The molecule has 1 aromatic heterocycles. The van der Waals surface area contributed by atoms with Gasteiger partial charge in [0, 0.05) is 12.6 Å². The number of aromatic nitrogens is 2. The van der Waals surface area contributed by atoms with Crippen molar-refractivity contribution in [3.8, 4) is 0 Å². The van der Waals surface area contributed by atoms with E-state index in [0.29, 0.717) is 25.3 Å². The van der Waals surface area contributed by atoms with Gasteiger partial charge in [-0.2, -0.15) is 0 Å². The van der Waals surface area contributed by atoms with Crippen molar-refractivity contribution in [3.63, 3.8) is 0 Å². The topological polar surface area (TPSA) is 56.3 Å². The minimum Gasteiger partial charge on any atom is -0.379 e. The van der Waals surface area contributed by atoms with Crippen molar-refractivity contribution < 1.29 is 13.9 Å². The maximum atomic E-state index is 13.9. The molecule has 0 aromatic carbocycles. The van der Waals surface area contributed by atoms with Gasteiger partial charge < -0.3 is 14.8 Å². The number of halogens is 1. The average Bonchev–Trinajstić information content (AvgIpc) is 2.92. The highest BCUT2D eigenvalue weighted by Crippen LogP contribution is 2.15. The molecular formula is C13H20FN3O2. The predicted octanol–water partition coefficient (Wildman–Crippen LogP) is 1.78. The number of nitrogens with one attached hydrogen (secondary N) is 1. The Morgan fingerprint density at radius 2 is 2.42 bits per heavy atom. The first-order valence-electron chi connectivity index (χ1n) is 6.66. The van der Waals surface area contributed by atoms with Crippen LogP contribution in [0.25, 0.3) is 0 Å². The summed E-state index contributed by atoms with van der Waals surface area (Å²) in [6, 6.07) is -0.0188. The van der Waals surface area contributed by atoms with Crippen LogP contribution in [0.4, 0.5) is 10.2 Å². The fraction of sp³-hybridized carbons (Fsp3) is 0.692. The summed E-state index contributed by atoms with van der Waals surface area (Å²) in [5, 5.41) is 3.02. The first-order chi connectivity index (χ1) is 9.20. The molecular weight excluding hydrogens is 249 g/mol. The summed E-state index contributed by atoms with van der Waals surface area (Å²) in [6.07, 6.45) is 3.01. The maximum absolute atomic E-state index is 13.9. The Labute approximate surface area is 112 Å². The van der Waals surface area contributed by atoms with E-state index in [1.54, 1.807) is 0 Å². The molecule has 6 heteroatoms. The van der Waals surface area contributed by atoms with E-state index in [0.717, 1.165) is 13.0 Å². The molecule has 1 N–H and O–H groups in total. The quantitative estimate of drug-likeness (QED) is 0.853. The van der Waals surface area contributed by atoms with Crippen LogP contribution in [-0.4, -0.2) is 41.9 Å². The SMILES string of the molecule is CCc1ncnc(N[C@@H](C)CO[C@@H]2CCOC2)c1F. The Kier molecular flexibility index (Phi) is 5.04. The van der Waals surface area contributed by atoms with Crippen molar-refractivity contribution in [2.45, 2.75) is 38.8 Å². The molecule has 0 unspecified atom stereocenters. The van der Waals surface area contributed by atoms with Crippen LogP contribution in [0.5, 0.6) is 0 Å². The van der Waals surface area contributed by atoms with Crippen LogP contribution < -0.4 is 5.32 Å². The summed E-state index contributed by atoms with van der Waals surface area (Å²) < 4.78 is 24.8. The minimum atomic E-state index is -0.374. The zero-order valence-corrected chi connectivity index (χ0v) is 11.4. The second-order valence-electron chi connectivity index (χ2n) is 4.70. The number of anilines is 1. The summed E-state index contributed by atoms with van der Waals surface area (Å²) in [6.45, 7) is 5.70. The second kappa shape index (κ2) is 6.77. The highest BCUT2D eigenvalue weighted by molar-refractivity contribution is 5.38. The summed E-state index contributed by atoms with van der Waals surface area (Å²) >= 11 is 0. The van der Waals surface area contributed by atoms with Gasteiger partial charge in [0.2, 0.25) is 0 Å². The highest BCUT2D eigenvalue weighted by Gasteiger charge is 2.18. The molecule has 2 heterocycles. The van der Waals surface area contributed by atoms with E-state index >= 15 is 0 Å². The number of ether oxygens (including phenoxy) is 2. The van der Waals surface area contributed by atoms with E-state index in [1.807, 2.05) is 13.8 Å². The fourth-order valence-corrected chi connectivity index (χ4v) is 1.95. The van der Waals surface area contributed by atoms with Crippen LogP contribution in [0, 0.1) is 5.82 Å². The average molecular weight is 269 g/mol. The summed E-state index contributed by atoms with van der Waals surface area (Å²) in [4.78, 5) is 7.83. The van der Waals surface area contributed by atoms with Crippen LogP contribution in [0.15, 0.2) is 6.33 Å². The molecule has 1 aliphatic heterocycles. The lowest BCUT2D eigenvalue weighted by molar-refractivity contribution is 0.0394. The second-order valence-corrected chi connectivity index (χ2v) is 4.70. The first kappa shape index (κ1) is 14.1. The van der Waals surface area contributed by atoms with Gasteiger partial charge in [-0.1, -0.05) is 6.92 Å². The minimum absolute atomic E-state index is 0.0188. The molecule has 0 saturated carbocycles. The van der Waals surface area contributed by atoms with Crippen molar-refractivity contribution in [2.75, 3.05) is 25.1 Å². The number of aryl methyl sites for hydroxylation is 1. The number of nitrogens with zero attached hydrogens (tertiary/aromatic N) is 2. The molecule has 106 valence electrons. The van der Waals surface area contributed by atoms with Crippen LogP contribution in [0.2, 0.25) is 0 Å². The van der Waals surface area contributed by atoms with Gasteiger partial charge in [-0.05, 0) is 19.8 Å². The lowest BCUT2D eigenvalue weighted by Crippen LogP contribution is -2.27. The van der Waals surface area contributed by atoms with Crippen LogP contribution in [-0.2, 0) is 15.9 Å². The third kappa shape index (κ3) is 3.84. The molecule has 19 heavy (non-hydrogen) atoms. The molecule has 2 atom stereocenters. The van der Waals surface area contributed by atoms with Crippen LogP contribution in [0.1, 0.15) is 26.0 Å². The lowest BCUT2D eigenvalue weighted by Gasteiger charge is -2.18. The van der Waals surface area contributed by atoms with Gasteiger partial charge in [-0.3, -0.25) is 0 Å². The normalized spacial score (nSPS) is 20.5. The molecule has 1 aromatic rings. The monoisotopic (exact) mass is 269 g/mol. The first-order valence-corrected chi connectivity index (χ1v) is 6.66. The molecule has 0 spiro atoms. The molecule has 0 amide bonds. The number of hydrogen-bond acceptors (Lipinski definition) is 5. The summed E-state index contributed by atoms with van der Waals surface area (Å²) in [5.41, 5.74) is 0.426. The van der Waals surface area contributed by atoms with Gasteiger partial charge in [0.25, 0.3) is 0 Å².